The minimum absolute atomic E-state index is 0.0237. The Morgan fingerprint density at radius 1 is 0.917 bits per heavy atom. The second-order valence-corrected chi connectivity index (χ2v) is 5.05. The predicted molar refractivity (Wildman–Crippen MR) is 85.9 cm³/mol. The van der Waals surface area contributed by atoms with E-state index in [0.717, 1.165) is 6.07 Å². The summed E-state index contributed by atoms with van der Waals surface area (Å²) in [7, 11) is 0. The van der Waals surface area contributed by atoms with Crippen LogP contribution in [-0.2, 0) is 0 Å². The molecule has 11 heteroatoms. The van der Waals surface area contributed by atoms with Crippen LogP contribution in [0, 0.1) is 37.3 Å². The molecule has 0 aliphatic carbocycles. The molecule has 0 saturated heterocycles. The van der Waals surface area contributed by atoms with Crippen molar-refractivity contribution in [2.24, 2.45) is 0 Å². The third kappa shape index (κ3) is 3.22. The fraction of sp³-hybridized carbons (Fsp3) is 0.0769. The summed E-state index contributed by atoms with van der Waals surface area (Å²) in [5.74, 6) is 0. The number of anilines is 2. The lowest BCUT2D eigenvalue weighted by molar-refractivity contribution is -0.393. The molecule has 0 atom stereocenters. The molecular formula is C13H9ClN4O6. The molecule has 0 heterocycles. The van der Waals surface area contributed by atoms with Gasteiger partial charge in [-0.15, -0.1) is 0 Å². The van der Waals surface area contributed by atoms with E-state index in [-0.39, 0.29) is 22.0 Å². The van der Waals surface area contributed by atoms with Crippen molar-refractivity contribution in [2.45, 2.75) is 6.92 Å². The number of benzene rings is 2. The third-order valence-electron chi connectivity index (χ3n) is 3.20. The molecule has 10 nitrogen and oxygen atoms in total. The van der Waals surface area contributed by atoms with E-state index in [0.29, 0.717) is 5.69 Å². The number of nitrogens with one attached hydrogen (secondary N) is 1. The van der Waals surface area contributed by atoms with Crippen molar-refractivity contribution in [3.8, 4) is 0 Å². The molecule has 0 saturated carbocycles. The number of nitro benzene ring substituents is 3. The fourth-order valence-corrected chi connectivity index (χ4v) is 2.22. The van der Waals surface area contributed by atoms with E-state index in [4.69, 9.17) is 11.6 Å². The van der Waals surface area contributed by atoms with Crippen LogP contribution in [0.15, 0.2) is 30.3 Å². The monoisotopic (exact) mass is 352 g/mol. The van der Waals surface area contributed by atoms with Gasteiger partial charge in [-0.3, -0.25) is 30.3 Å². The molecule has 2 aromatic rings. The zero-order valence-corrected chi connectivity index (χ0v) is 12.8. The molecule has 0 unspecified atom stereocenters. The number of halogens is 1. The van der Waals surface area contributed by atoms with Gasteiger partial charge in [-0.05, 0) is 19.1 Å². The van der Waals surface area contributed by atoms with Crippen LogP contribution < -0.4 is 5.32 Å². The molecule has 124 valence electrons. The van der Waals surface area contributed by atoms with Crippen LogP contribution in [0.4, 0.5) is 28.4 Å². The number of nitro groups is 3. The molecule has 0 bridgehead atoms. The standard InChI is InChI=1S/C13H9ClN4O6/c1-7-12(14)10(17(21)22)6-11(18(23)24)13(7)15-8-2-4-9(5-3-8)16(19)20/h2-6,15H,1H3. The van der Waals surface area contributed by atoms with Crippen molar-refractivity contribution in [3.63, 3.8) is 0 Å². The number of nitrogens with zero attached hydrogens (tertiary/aromatic N) is 3. The summed E-state index contributed by atoms with van der Waals surface area (Å²) >= 11 is 5.91. The quantitative estimate of drug-likeness (QED) is 0.629. The highest BCUT2D eigenvalue weighted by molar-refractivity contribution is 6.34. The van der Waals surface area contributed by atoms with Crippen molar-refractivity contribution in [2.75, 3.05) is 5.32 Å². The summed E-state index contributed by atoms with van der Waals surface area (Å²) in [5, 5.41) is 35.3. The van der Waals surface area contributed by atoms with Crippen LogP contribution in [0.5, 0.6) is 0 Å². The van der Waals surface area contributed by atoms with Crippen molar-refractivity contribution < 1.29 is 14.8 Å². The molecule has 2 aromatic carbocycles. The summed E-state index contributed by atoms with van der Waals surface area (Å²) in [6.07, 6.45) is 0. The van der Waals surface area contributed by atoms with Crippen LogP contribution >= 0.6 is 11.6 Å². The molecule has 0 radical (unpaired) electrons. The summed E-state index contributed by atoms with van der Waals surface area (Å²) in [6, 6.07) is 5.92. The first-order valence-electron chi connectivity index (χ1n) is 6.35. The van der Waals surface area contributed by atoms with Crippen molar-refractivity contribution in [1.29, 1.82) is 0 Å². The Labute approximate surface area is 139 Å². The molecule has 0 amide bonds. The van der Waals surface area contributed by atoms with Gasteiger partial charge in [0, 0.05) is 23.4 Å². The molecular weight excluding hydrogens is 344 g/mol. The van der Waals surface area contributed by atoms with Gasteiger partial charge in [0.25, 0.3) is 17.1 Å². The third-order valence-corrected chi connectivity index (χ3v) is 3.68. The molecule has 2 rings (SSSR count). The number of hydrogen-bond donors (Lipinski definition) is 1. The SMILES string of the molecule is Cc1c(Cl)c([N+](=O)[O-])cc([N+](=O)[O-])c1Nc1ccc([N+](=O)[O-])cc1. The smallest absolute Gasteiger partial charge is 0.299 e. The van der Waals surface area contributed by atoms with E-state index in [1.807, 2.05) is 0 Å². The van der Waals surface area contributed by atoms with Crippen molar-refractivity contribution >= 4 is 40.0 Å². The van der Waals surface area contributed by atoms with E-state index >= 15 is 0 Å². The van der Waals surface area contributed by atoms with E-state index in [1.54, 1.807) is 0 Å². The van der Waals surface area contributed by atoms with Gasteiger partial charge in [-0.25, -0.2) is 0 Å². The van der Waals surface area contributed by atoms with Crippen LogP contribution in [0.2, 0.25) is 5.02 Å². The first kappa shape index (κ1) is 17.1. The van der Waals surface area contributed by atoms with Crippen LogP contribution in [0.3, 0.4) is 0 Å². The van der Waals surface area contributed by atoms with Gasteiger partial charge in [-0.2, -0.15) is 0 Å². The highest BCUT2D eigenvalue weighted by Gasteiger charge is 2.27. The Morgan fingerprint density at radius 2 is 1.46 bits per heavy atom. The average Bonchev–Trinajstić information content (AvgIpc) is 2.51. The molecule has 0 aliphatic heterocycles. The maximum Gasteiger partial charge on any atom is 0.299 e. The molecule has 0 aliphatic rings. The second-order valence-electron chi connectivity index (χ2n) is 4.67. The highest BCUT2D eigenvalue weighted by Crippen LogP contribution is 2.41. The normalized spacial score (nSPS) is 10.2. The zero-order valence-electron chi connectivity index (χ0n) is 12.1. The first-order valence-corrected chi connectivity index (χ1v) is 6.73. The van der Waals surface area contributed by atoms with Gasteiger partial charge in [0.15, 0.2) is 0 Å². The van der Waals surface area contributed by atoms with E-state index in [9.17, 15) is 30.3 Å². The first-order chi connectivity index (χ1) is 11.2. The minimum Gasteiger partial charge on any atom is -0.350 e. The Kier molecular flexibility index (Phi) is 4.60. The lowest BCUT2D eigenvalue weighted by Crippen LogP contribution is -2.02. The lowest BCUT2D eigenvalue weighted by Gasteiger charge is -2.11. The van der Waals surface area contributed by atoms with Gasteiger partial charge < -0.3 is 5.32 Å². The number of rotatable bonds is 5. The van der Waals surface area contributed by atoms with Crippen molar-refractivity contribution in [1.82, 2.24) is 0 Å². The Morgan fingerprint density at radius 3 is 1.92 bits per heavy atom. The van der Waals surface area contributed by atoms with Gasteiger partial charge in [0.1, 0.15) is 10.7 Å². The van der Waals surface area contributed by atoms with E-state index in [1.165, 1.54) is 31.2 Å². The summed E-state index contributed by atoms with van der Waals surface area (Å²) in [4.78, 5) is 30.6. The Bertz CT molecular complexity index is 853. The number of non-ortho nitro benzene ring substituents is 1. The zero-order chi connectivity index (χ0) is 18.0. The maximum atomic E-state index is 11.2. The van der Waals surface area contributed by atoms with Gasteiger partial charge >= 0.3 is 0 Å². The molecule has 1 N–H and O–H groups in total. The minimum atomic E-state index is -0.808. The maximum absolute atomic E-state index is 11.2. The van der Waals surface area contributed by atoms with E-state index < -0.39 is 26.1 Å². The number of hydrogen-bond acceptors (Lipinski definition) is 7. The van der Waals surface area contributed by atoms with Gasteiger partial charge in [0.2, 0.25) is 0 Å². The Hall–Kier alpha value is -3.27. The largest absolute Gasteiger partial charge is 0.350 e. The van der Waals surface area contributed by atoms with Crippen molar-refractivity contribution in [3.05, 3.63) is 71.3 Å². The van der Waals surface area contributed by atoms with Gasteiger partial charge in [0.05, 0.1) is 20.8 Å². The highest BCUT2D eigenvalue weighted by atomic mass is 35.5. The molecule has 0 spiro atoms. The van der Waals surface area contributed by atoms with E-state index in [2.05, 4.69) is 5.32 Å². The summed E-state index contributed by atoms with van der Waals surface area (Å²) < 4.78 is 0. The molecule has 0 aromatic heterocycles. The van der Waals surface area contributed by atoms with Crippen LogP contribution in [0.25, 0.3) is 0 Å². The second kappa shape index (κ2) is 6.46. The molecule has 0 fully saturated rings. The van der Waals surface area contributed by atoms with Crippen LogP contribution in [-0.4, -0.2) is 14.8 Å². The summed E-state index contributed by atoms with van der Waals surface area (Å²) in [6.45, 7) is 1.40. The Balaban J connectivity index is 2.53. The lowest BCUT2D eigenvalue weighted by atomic mass is 10.1. The fourth-order valence-electron chi connectivity index (χ4n) is 2.00. The van der Waals surface area contributed by atoms with Crippen LogP contribution in [0.1, 0.15) is 5.56 Å². The molecule has 24 heavy (non-hydrogen) atoms. The topological polar surface area (TPSA) is 141 Å². The predicted octanol–water partition coefficient (Wildman–Crippen LogP) is 4.12. The average molecular weight is 353 g/mol. The van der Waals surface area contributed by atoms with Gasteiger partial charge in [-0.1, -0.05) is 11.6 Å². The summed E-state index contributed by atoms with van der Waals surface area (Å²) in [5.41, 5.74) is -0.817.